The minimum absolute atomic E-state index is 0.214. The van der Waals surface area contributed by atoms with E-state index in [2.05, 4.69) is 4.74 Å². The van der Waals surface area contributed by atoms with Crippen molar-refractivity contribution in [3.8, 4) is 0 Å². The molecule has 0 saturated carbocycles. The number of halogens is 3. The second-order valence-electron chi connectivity index (χ2n) is 4.77. The summed E-state index contributed by atoms with van der Waals surface area (Å²) in [6, 6.07) is -0.925. The van der Waals surface area contributed by atoms with Gasteiger partial charge in [-0.3, -0.25) is 0 Å². The molecular formula is C12H14F3NO4S2. The zero-order chi connectivity index (χ0) is 16.5. The summed E-state index contributed by atoms with van der Waals surface area (Å²) in [5.74, 6) is -0.880. The first kappa shape index (κ1) is 17.2. The van der Waals surface area contributed by atoms with Gasteiger partial charge in [0.1, 0.15) is 15.8 Å². The van der Waals surface area contributed by atoms with Gasteiger partial charge in [0.25, 0.3) is 0 Å². The van der Waals surface area contributed by atoms with E-state index >= 15 is 0 Å². The Labute approximate surface area is 129 Å². The Morgan fingerprint density at radius 1 is 1.41 bits per heavy atom. The van der Waals surface area contributed by atoms with E-state index in [1.165, 1.54) is 5.38 Å². The molecule has 1 aliphatic heterocycles. The molecule has 1 atom stereocenters. The third kappa shape index (κ3) is 3.13. The van der Waals surface area contributed by atoms with Crippen molar-refractivity contribution in [2.24, 2.45) is 0 Å². The molecule has 0 radical (unpaired) electrons. The van der Waals surface area contributed by atoms with Gasteiger partial charge in [0.2, 0.25) is 10.0 Å². The van der Waals surface area contributed by atoms with Gasteiger partial charge in [0.15, 0.2) is 0 Å². The second kappa shape index (κ2) is 6.17. The maximum atomic E-state index is 13.1. The van der Waals surface area contributed by atoms with Crippen molar-refractivity contribution in [3.63, 3.8) is 0 Å². The fourth-order valence-corrected chi connectivity index (χ4v) is 5.38. The highest BCUT2D eigenvalue weighted by Gasteiger charge is 2.49. The van der Waals surface area contributed by atoms with Crippen LogP contribution in [-0.4, -0.2) is 44.6 Å². The van der Waals surface area contributed by atoms with Gasteiger partial charge in [-0.05, 0) is 24.3 Å². The quantitative estimate of drug-likeness (QED) is 0.780. The molecule has 1 aliphatic rings. The molecule has 1 fully saturated rings. The van der Waals surface area contributed by atoms with E-state index in [1.807, 2.05) is 0 Å². The third-order valence-corrected chi connectivity index (χ3v) is 6.39. The number of methoxy groups -OCH3 is 1. The van der Waals surface area contributed by atoms with Crippen LogP contribution >= 0.6 is 11.3 Å². The fraction of sp³-hybridized carbons (Fsp3) is 0.583. The molecule has 0 aromatic carbocycles. The van der Waals surface area contributed by atoms with Gasteiger partial charge < -0.3 is 4.74 Å². The summed E-state index contributed by atoms with van der Waals surface area (Å²) in [5.41, 5.74) is 0. The van der Waals surface area contributed by atoms with Crippen molar-refractivity contribution >= 4 is 27.3 Å². The summed E-state index contributed by atoms with van der Waals surface area (Å²) >= 11 is 0.820. The summed E-state index contributed by atoms with van der Waals surface area (Å²) in [7, 11) is -3.33. The molecule has 0 bridgehead atoms. The van der Waals surface area contributed by atoms with Crippen LogP contribution in [0.3, 0.4) is 0 Å². The molecule has 22 heavy (non-hydrogen) atoms. The monoisotopic (exact) mass is 357 g/mol. The number of carbonyl (C=O) groups excluding carboxylic acids is 1. The normalized spacial score (nSPS) is 20.8. The van der Waals surface area contributed by atoms with Gasteiger partial charge in [-0.15, -0.1) is 11.3 Å². The Hall–Kier alpha value is -1.13. The number of ether oxygens (including phenoxy) is 1. The lowest BCUT2D eigenvalue weighted by Crippen LogP contribution is -2.51. The first-order chi connectivity index (χ1) is 10.2. The predicted molar refractivity (Wildman–Crippen MR) is 73.2 cm³/mol. The molecule has 10 heteroatoms. The van der Waals surface area contributed by atoms with Crippen molar-refractivity contribution in [3.05, 3.63) is 16.3 Å². The van der Waals surface area contributed by atoms with Gasteiger partial charge >= 0.3 is 12.1 Å². The number of hydrogen-bond acceptors (Lipinski definition) is 5. The molecule has 0 spiro atoms. The van der Waals surface area contributed by atoms with Crippen LogP contribution in [0.5, 0.6) is 0 Å². The van der Waals surface area contributed by atoms with Crippen LogP contribution in [-0.2, 0) is 14.8 Å². The Bertz CT molecular complexity index is 654. The zero-order valence-electron chi connectivity index (χ0n) is 11.6. The van der Waals surface area contributed by atoms with Gasteiger partial charge in [-0.25, -0.2) is 13.2 Å². The molecule has 2 heterocycles. The van der Waals surface area contributed by atoms with Crippen molar-refractivity contribution < 1.29 is 31.1 Å². The summed E-state index contributed by atoms with van der Waals surface area (Å²) in [4.78, 5) is 10.9. The fourth-order valence-electron chi connectivity index (χ4n) is 2.39. The Morgan fingerprint density at radius 2 is 2.09 bits per heavy atom. The van der Waals surface area contributed by atoms with E-state index in [4.69, 9.17) is 0 Å². The average molecular weight is 357 g/mol. The minimum Gasteiger partial charge on any atom is -0.465 e. The van der Waals surface area contributed by atoms with Gasteiger partial charge in [0, 0.05) is 6.54 Å². The maximum absolute atomic E-state index is 13.1. The van der Waals surface area contributed by atoms with E-state index < -0.39 is 33.1 Å². The lowest BCUT2D eigenvalue weighted by atomic mass is 10.1. The number of sulfonamides is 1. The molecule has 0 N–H and O–H groups in total. The molecule has 0 amide bonds. The molecule has 0 aliphatic carbocycles. The molecule has 124 valence electrons. The van der Waals surface area contributed by atoms with Crippen LogP contribution < -0.4 is 0 Å². The van der Waals surface area contributed by atoms with E-state index in [0.29, 0.717) is 17.1 Å². The number of thiophene rings is 1. The molecular weight excluding hydrogens is 343 g/mol. The molecule has 1 aromatic rings. The average Bonchev–Trinajstić information content (AvgIpc) is 2.95. The Kier molecular flexibility index (Phi) is 4.83. The van der Waals surface area contributed by atoms with Crippen molar-refractivity contribution in [2.75, 3.05) is 13.7 Å². The second-order valence-corrected chi connectivity index (χ2v) is 7.55. The molecule has 1 aromatic heterocycles. The van der Waals surface area contributed by atoms with Gasteiger partial charge in [-0.1, -0.05) is 6.42 Å². The predicted octanol–water partition coefficient (Wildman–Crippen LogP) is 2.64. The number of esters is 1. The third-order valence-electron chi connectivity index (χ3n) is 3.42. The number of piperidine rings is 1. The molecule has 1 unspecified atom stereocenters. The van der Waals surface area contributed by atoms with E-state index in [1.54, 1.807) is 0 Å². The van der Waals surface area contributed by atoms with Gasteiger partial charge in [0.05, 0.1) is 7.11 Å². The van der Waals surface area contributed by atoms with Crippen LogP contribution in [0.2, 0.25) is 0 Å². The van der Waals surface area contributed by atoms with Crippen molar-refractivity contribution in [1.82, 2.24) is 4.31 Å². The lowest BCUT2D eigenvalue weighted by molar-refractivity contribution is -0.177. The first-order valence-electron chi connectivity index (χ1n) is 6.44. The smallest absolute Gasteiger partial charge is 0.405 e. The highest BCUT2D eigenvalue weighted by atomic mass is 32.2. The van der Waals surface area contributed by atoms with E-state index in [9.17, 15) is 26.4 Å². The molecule has 1 saturated heterocycles. The SMILES string of the molecule is COC(=O)c1sccc1S(=O)(=O)N1CCCCC1C(F)(F)F. The topological polar surface area (TPSA) is 63.7 Å². The number of alkyl halides is 3. The zero-order valence-corrected chi connectivity index (χ0v) is 13.2. The van der Waals surface area contributed by atoms with Crippen LogP contribution in [0.4, 0.5) is 13.2 Å². The van der Waals surface area contributed by atoms with Crippen LogP contribution in [0.15, 0.2) is 16.3 Å². The van der Waals surface area contributed by atoms with E-state index in [0.717, 1.165) is 24.5 Å². The lowest BCUT2D eigenvalue weighted by Gasteiger charge is -2.35. The highest BCUT2D eigenvalue weighted by molar-refractivity contribution is 7.89. The van der Waals surface area contributed by atoms with Crippen molar-refractivity contribution in [2.45, 2.75) is 36.4 Å². The largest absolute Gasteiger partial charge is 0.465 e. The summed E-state index contributed by atoms with van der Waals surface area (Å²) in [6.45, 7) is -0.219. The van der Waals surface area contributed by atoms with Crippen molar-refractivity contribution in [1.29, 1.82) is 0 Å². The molecule has 2 rings (SSSR count). The molecule has 5 nitrogen and oxygen atoms in total. The van der Waals surface area contributed by atoms with Gasteiger partial charge in [-0.2, -0.15) is 17.5 Å². The minimum atomic E-state index is -4.64. The number of carbonyl (C=O) groups is 1. The van der Waals surface area contributed by atoms with Crippen LogP contribution in [0, 0.1) is 0 Å². The highest BCUT2D eigenvalue weighted by Crippen LogP contribution is 2.37. The number of nitrogens with zero attached hydrogens (tertiary/aromatic N) is 1. The first-order valence-corrected chi connectivity index (χ1v) is 8.76. The number of hydrogen-bond donors (Lipinski definition) is 0. The summed E-state index contributed by atoms with van der Waals surface area (Å²) < 4.78 is 69.4. The standard InChI is InChI=1S/C12H14F3NO4S2/c1-20-11(17)10-8(5-7-21-10)22(18,19)16-6-3-2-4-9(16)12(13,14)15/h5,7,9H,2-4,6H2,1H3. The Balaban J connectivity index is 2.45. The van der Waals surface area contributed by atoms with Crippen LogP contribution in [0.25, 0.3) is 0 Å². The van der Waals surface area contributed by atoms with Crippen LogP contribution in [0.1, 0.15) is 28.9 Å². The summed E-state index contributed by atoms with van der Waals surface area (Å²) in [6.07, 6.45) is -4.26. The Morgan fingerprint density at radius 3 is 2.68 bits per heavy atom. The summed E-state index contributed by atoms with van der Waals surface area (Å²) in [5, 5.41) is 1.34. The maximum Gasteiger partial charge on any atom is 0.405 e. The van der Waals surface area contributed by atoms with E-state index in [-0.39, 0.29) is 17.8 Å². The number of rotatable bonds is 3.